The van der Waals surface area contributed by atoms with Crippen molar-refractivity contribution < 1.29 is 4.42 Å². The first-order valence-corrected chi connectivity index (χ1v) is 16.8. The Bertz CT molecular complexity index is 2420. The minimum Gasteiger partial charge on any atom is -0.456 e. The third-order valence-corrected chi connectivity index (χ3v) is 9.34. The lowest BCUT2D eigenvalue weighted by molar-refractivity contribution is 0.590. The van der Waals surface area contributed by atoms with Crippen molar-refractivity contribution >= 4 is 32.7 Å². The van der Waals surface area contributed by atoms with Gasteiger partial charge in [-0.05, 0) is 45.5 Å². The molecule has 0 bridgehead atoms. The van der Waals surface area contributed by atoms with Gasteiger partial charge in [-0.1, -0.05) is 139 Å². The molecule has 5 aromatic carbocycles. The fourth-order valence-electron chi connectivity index (χ4n) is 6.47. The van der Waals surface area contributed by atoms with E-state index in [1.54, 1.807) is 0 Å². The predicted octanol–water partition coefficient (Wildman–Crippen LogP) is 11.6. The number of furan rings is 1. The van der Waals surface area contributed by atoms with Gasteiger partial charge in [-0.2, -0.15) is 0 Å². The van der Waals surface area contributed by atoms with Gasteiger partial charge in [0.25, 0.3) is 0 Å². The maximum atomic E-state index is 6.23. The molecule has 0 aliphatic heterocycles. The van der Waals surface area contributed by atoms with E-state index in [-0.39, 0.29) is 10.8 Å². The Labute approximate surface area is 286 Å². The normalized spacial score (nSPS) is 12.3. The summed E-state index contributed by atoms with van der Waals surface area (Å²) in [7, 11) is 0. The number of nitrogens with zero attached hydrogens (tertiary/aromatic N) is 4. The van der Waals surface area contributed by atoms with Gasteiger partial charge in [0.05, 0.1) is 5.69 Å². The van der Waals surface area contributed by atoms with Crippen LogP contribution in [0.4, 0.5) is 0 Å². The van der Waals surface area contributed by atoms with Crippen molar-refractivity contribution in [3.05, 3.63) is 133 Å². The third kappa shape index (κ3) is 5.65. The van der Waals surface area contributed by atoms with Gasteiger partial charge in [0.1, 0.15) is 11.2 Å². The molecule has 5 heteroatoms. The first-order valence-electron chi connectivity index (χ1n) is 16.8. The van der Waals surface area contributed by atoms with Gasteiger partial charge < -0.3 is 4.42 Å². The number of para-hydroxylation sites is 1. The molecule has 3 heterocycles. The summed E-state index contributed by atoms with van der Waals surface area (Å²) in [4.78, 5) is 20.3. The fraction of sp³-hybridized carbons (Fsp3) is 0.182. The molecule has 0 atom stereocenters. The van der Waals surface area contributed by atoms with Gasteiger partial charge in [-0.3, -0.25) is 4.98 Å². The second kappa shape index (κ2) is 11.5. The average molecular weight is 639 g/mol. The Morgan fingerprint density at radius 3 is 1.53 bits per heavy atom. The fourth-order valence-corrected chi connectivity index (χ4v) is 6.47. The Hall–Kier alpha value is -5.68. The average Bonchev–Trinajstić information content (AvgIpc) is 3.48. The minimum absolute atomic E-state index is 0.0457. The summed E-state index contributed by atoms with van der Waals surface area (Å²) in [6, 6.07) is 39.9. The molecule has 49 heavy (non-hydrogen) atoms. The quantitative estimate of drug-likeness (QED) is 0.192. The zero-order valence-corrected chi connectivity index (χ0v) is 28.7. The van der Waals surface area contributed by atoms with Crippen molar-refractivity contribution in [3.8, 4) is 45.4 Å². The molecule has 0 unspecified atom stereocenters. The first kappa shape index (κ1) is 30.6. The van der Waals surface area contributed by atoms with Gasteiger partial charge >= 0.3 is 0 Å². The van der Waals surface area contributed by atoms with Crippen molar-refractivity contribution in [1.29, 1.82) is 0 Å². The molecule has 0 radical (unpaired) electrons. The van der Waals surface area contributed by atoms with E-state index in [0.29, 0.717) is 17.5 Å². The van der Waals surface area contributed by atoms with Crippen LogP contribution in [0.3, 0.4) is 0 Å². The van der Waals surface area contributed by atoms with E-state index in [9.17, 15) is 0 Å². The van der Waals surface area contributed by atoms with Crippen molar-refractivity contribution in [2.24, 2.45) is 0 Å². The number of hydrogen-bond acceptors (Lipinski definition) is 5. The van der Waals surface area contributed by atoms with Crippen molar-refractivity contribution in [2.75, 3.05) is 0 Å². The number of aromatic nitrogens is 4. The zero-order valence-electron chi connectivity index (χ0n) is 28.7. The second-order valence-corrected chi connectivity index (χ2v) is 14.8. The van der Waals surface area contributed by atoms with Crippen LogP contribution in [0, 0.1) is 0 Å². The van der Waals surface area contributed by atoms with Crippen LogP contribution in [0.2, 0.25) is 0 Å². The largest absolute Gasteiger partial charge is 0.456 e. The summed E-state index contributed by atoms with van der Waals surface area (Å²) in [6.07, 6.45) is 1.90. The smallest absolute Gasteiger partial charge is 0.166 e. The Morgan fingerprint density at radius 2 is 0.939 bits per heavy atom. The van der Waals surface area contributed by atoms with Crippen LogP contribution in [0.25, 0.3) is 78.1 Å². The van der Waals surface area contributed by atoms with Crippen LogP contribution in [0.5, 0.6) is 0 Å². The molecule has 8 rings (SSSR count). The molecule has 0 amide bonds. The highest BCUT2D eigenvalue weighted by molar-refractivity contribution is 6.07. The number of rotatable bonds is 4. The summed E-state index contributed by atoms with van der Waals surface area (Å²) in [6.45, 7) is 13.3. The van der Waals surface area contributed by atoms with E-state index in [2.05, 4.69) is 139 Å². The Kier molecular flexibility index (Phi) is 7.18. The highest BCUT2D eigenvalue weighted by Crippen LogP contribution is 2.37. The zero-order chi connectivity index (χ0) is 33.9. The van der Waals surface area contributed by atoms with Crippen molar-refractivity contribution in [3.63, 3.8) is 0 Å². The molecule has 0 fully saturated rings. The van der Waals surface area contributed by atoms with Gasteiger partial charge in [0.15, 0.2) is 17.5 Å². The molecular formula is C44H38N4O. The third-order valence-electron chi connectivity index (χ3n) is 9.34. The molecule has 0 saturated heterocycles. The van der Waals surface area contributed by atoms with Crippen molar-refractivity contribution in [1.82, 2.24) is 19.9 Å². The summed E-state index contributed by atoms with van der Waals surface area (Å²) < 4.78 is 6.23. The van der Waals surface area contributed by atoms with E-state index in [1.807, 2.05) is 24.4 Å². The topological polar surface area (TPSA) is 64.7 Å². The van der Waals surface area contributed by atoms with Gasteiger partial charge in [0.2, 0.25) is 0 Å². The molecule has 3 aromatic heterocycles. The molecule has 240 valence electrons. The maximum Gasteiger partial charge on any atom is 0.166 e. The van der Waals surface area contributed by atoms with Crippen LogP contribution in [-0.2, 0) is 10.8 Å². The van der Waals surface area contributed by atoms with E-state index >= 15 is 0 Å². The van der Waals surface area contributed by atoms with Crippen LogP contribution < -0.4 is 0 Å². The molecule has 0 aliphatic rings. The van der Waals surface area contributed by atoms with Gasteiger partial charge in [-0.25, -0.2) is 15.0 Å². The summed E-state index contributed by atoms with van der Waals surface area (Å²) in [5.41, 5.74) is 8.94. The molecule has 0 aliphatic carbocycles. The second-order valence-electron chi connectivity index (χ2n) is 14.8. The summed E-state index contributed by atoms with van der Waals surface area (Å²) in [5, 5.41) is 4.24. The Balaban J connectivity index is 1.29. The monoisotopic (exact) mass is 638 g/mol. The number of benzene rings is 5. The lowest BCUT2D eigenvalue weighted by Gasteiger charge is -2.19. The number of hydrogen-bond donors (Lipinski definition) is 0. The number of pyridine rings is 1. The van der Waals surface area contributed by atoms with E-state index in [0.717, 1.165) is 60.7 Å². The van der Waals surface area contributed by atoms with Gasteiger partial charge in [-0.15, -0.1) is 0 Å². The molecule has 5 nitrogen and oxygen atoms in total. The maximum absolute atomic E-state index is 6.23. The number of fused-ring (bicyclic) bond motifs is 4. The summed E-state index contributed by atoms with van der Waals surface area (Å²) >= 11 is 0. The summed E-state index contributed by atoms with van der Waals surface area (Å²) in [5.74, 6) is 1.84. The Morgan fingerprint density at radius 1 is 0.449 bits per heavy atom. The van der Waals surface area contributed by atoms with Crippen LogP contribution in [-0.4, -0.2) is 19.9 Å². The predicted molar refractivity (Wildman–Crippen MR) is 202 cm³/mol. The molecule has 0 saturated carbocycles. The first-order chi connectivity index (χ1) is 23.5. The standard InChI is InChI=1S/C44H38N4O/c1-43(2,3)30-20-15-27(16-21-30)40-46-41(28-17-22-31(23-18-28)44(4,5)6)48-42(47-40)36-26-45-39(35-13-8-7-11-32(35)36)29-19-24-34-33-12-9-10-14-37(33)49-38(34)25-29/h7-26H,1-6H3. The minimum atomic E-state index is 0.0457. The molecule has 8 aromatic rings. The molecular weight excluding hydrogens is 601 g/mol. The van der Waals surface area contributed by atoms with Gasteiger partial charge in [0, 0.05) is 44.6 Å². The highest BCUT2D eigenvalue weighted by Gasteiger charge is 2.20. The highest BCUT2D eigenvalue weighted by atomic mass is 16.3. The SMILES string of the molecule is CC(C)(C)c1ccc(-c2nc(-c3ccc(C(C)(C)C)cc3)nc(-c3cnc(-c4ccc5c(c4)oc4ccccc45)c4ccccc34)n2)cc1. The van der Waals surface area contributed by atoms with E-state index in [1.165, 1.54) is 11.1 Å². The lowest BCUT2D eigenvalue weighted by atomic mass is 9.86. The van der Waals surface area contributed by atoms with Crippen molar-refractivity contribution in [2.45, 2.75) is 52.4 Å². The molecule has 0 N–H and O–H groups in total. The van der Waals surface area contributed by atoms with Crippen LogP contribution in [0.15, 0.2) is 126 Å². The molecule has 0 spiro atoms. The van der Waals surface area contributed by atoms with E-state index < -0.39 is 0 Å². The van der Waals surface area contributed by atoms with Crippen LogP contribution in [0.1, 0.15) is 52.7 Å². The lowest BCUT2D eigenvalue weighted by Crippen LogP contribution is -2.11. The van der Waals surface area contributed by atoms with Crippen LogP contribution >= 0.6 is 0 Å². The van der Waals surface area contributed by atoms with E-state index in [4.69, 9.17) is 24.4 Å².